The third-order valence-corrected chi connectivity index (χ3v) is 3.44. The molecule has 0 aliphatic heterocycles. The summed E-state index contributed by atoms with van der Waals surface area (Å²) in [6.07, 6.45) is 1.92. The zero-order valence-electron chi connectivity index (χ0n) is 8.77. The molecule has 2 aromatic heterocycles. The predicted octanol–water partition coefficient (Wildman–Crippen LogP) is 1.34. The Morgan fingerprint density at radius 2 is 2.33 bits per heavy atom. The third-order valence-electron chi connectivity index (χ3n) is 2.36. The molecular formula is C10H14N4S. The van der Waals surface area contributed by atoms with Crippen molar-refractivity contribution >= 4 is 11.3 Å². The Kier molecular flexibility index (Phi) is 2.86. The summed E-state index contributed by atoms with van der Waals surface area (Å²) in [5.74, 6) is 5.58. The van der Waals surface area contributed by atoms with Gasteiger partial charge in [-0.2, -0.15) is 5.10 Å². The van der Waals surface area contributed by atoms with Crippen molar-refractivity contribution in [3.63, 3.8) is 0 Å². The summed E-state index contributed by atoms with van der Waals surface area (Å²) in [5.41, 5.74) is 5.00. The van der Waals surface area contributed by atoms with Gasteiger partial charge in [0.25, 0.3) is 0 Å². The number of hydrogen-bond donors (Lipinski definition) is 2. The van der Waals surface area contributed by atoms with Gasteiger partial charge in [-0.05, 0) is 30.0 Å². The number of hydrogen-bond acceptors (Lipinski definition) is 4. The Bertz CT molecular complexity index is 446. The Hall–Kier alpha value is -1.17. The average molecular weight is 222 g/mol. The third kappa shape index (κ3) is 1.94. The lowest BCUT2D eigenvalue weighted by Gasteiger charge is -2.12. The van der Waals surface area contributed by atoms with Crippen LogP contribution in [-0.4, -0.2) is 9.78 Å². The number of aromatic nitrogens is 2. The van der Waals surface area contributed by atoms with Crippen LogP contribution in [0.3, 0.4) is 0 Å². The Morgan fingerprint density at radius 1 is 1.53 bits per heavy atom. The second kappa shape index (κ2) is 4.14. The topological polar surface area (TPSA) is 55.9 Å². The fourth-order valence-corrected chi connectivity index (χ4v) is 2.56. The van der Waals surface area contributed by atoms with Gasteiger partial charge in [-0.1, -0.05) is 0 Å². The van der Waals surface area contributed by atoms with Crippen molar-refractivity contribution in [2.75, 3.05) is 0 Å². The number of hydrazine groups is 1. The molecule has 1 atom stereocenters. The number of rotatable bonds is 3. The highest BCUT2D eigenvalue weighted by Crippen LogP contribution is 2.27. The van der Waals surface area contributed by atoms with Crippen LogP contribution in [0.4, 0.5) is 0 Å². The molecule has 0 saturated heterocycles. The Morgan fingerprint density at radius 3 is 2.80 bits per heavy atom. The fourth-order valence-electron chi connectivity index (χ4n) is 1.56. The number of nitrogens with one attached hydrogen (secondary N) is 1. The zero-order chi connectivity index (χ0) is 10.8. The van der Waals surface area contributed by atoms with Crippen molar-refractivity contribution in [2.45, 2.75) is 13.0 Å². The van der Waals surface area contributed by atoms with Gasteiger partial charge in [0.05, 0.1) is 11.7 Å². The van der Waals surface area contributed by atoms with E-state index >= 15 is 0 Å². The summed E-state index contributed by atoms with van der Waals surface area (Å²) in [7, 11) is 1.90. The van der Waals surface area contributed by atoms with Crippen molar-refractivity contribution in [3.05, 3.63) is 39.8 Å². The van der Waals surface area contributed by atoms with Gasteiger partial charge in [0.2, 0.25) is 0 Å². The summed E-state index contributed by atoms with van der Waals surface area (Å²) in [6.45, 7) is 2.08. The molecule has 5 heteroatoms. The van der Waals surface area contributed by atoms with E-state index in [1.54, 1.807) is 16.0 Å². The molecule has 0 saturated carbocycles. The number of nitrogens with two attached hydrogens (primary N) is 1. The standard InChI is InChI=1S/C10H14N4S/c1-7-4-6-15-10(7)9(12-11)8-3-5-14(2)13-8/h3-6,9,12H,11H2,1-2H3. The first-order valence-electron chi connectivity index (χ1n) is 4.72. The van der Waals surface area contributed by atoms with Crippen molar-refractivity contribution in [2.24, 2.45) is 12.9 Å². The SMILES string of the molecule is Cc1ccsc1C(NN)c1ccn(C)n1. The number of aryl methyl sites for hydroxylation is 2. The van der Waals surface area contributed by atoms with Crippen molar-refractivity contribution < 1.29 is 0 Å². The highest BCUT2D eigenvalue weighted by molar-refractivity contribution is 7.10. The molecule has 15 heavy (non-hydrogen) atoms. The Balaban J connectivity index is 2.36. The van der Waals surface area contributed by atoms with Crippen LogP contribution >= 0.6 is 11.3 Å². The van der Waals surface area contributed by atoms with Gasteiger partial charge in [0.1, 0.15) is 0 Å². The molecule has 1 unspecified atom stereocenters. The van der Waals surface area contributed by atoms with Crippen LogP contribution in [0.25, 0.3) is 0 Å². The van der Waals surface area contributed by atoms with Crippen LogP contribution in [0.5, 0.6) is 0 Å². The molecule has 0 bridgehead atoms. The minimum absolute atomic E-state index is 0.00815. The van der Waals surface area contributed by atoms with Crippen molar-refractivity contribution in [3.8, 4) is 0 Å². The van der Waals surface area contributed by atoms with E-state index < -0.39 is 0 Å². The molecule has 2 aromatic rings. The van der Waals surface area contributed by atoms with E-state index in [4.69, 9.17) is 5.84 Å². The summed E-state index contributed by atoms with van der Waals surface area (Å²) >= 11 is 1.69. The fraction of sp³-hybridized carbons (Fsp3) is 0.300. The molecule has 3 N–H and O–H groups in total. The lowest BCUT2D eigenvalue weighted by Crippen LogP contribution is -2.29. The van der Waals surface area contributed by atoms with Crippen LogP contribution < -0.4 is 11.3 Å². The van der Waals surface area contributed by atoms with Gasteiger partial charge in [-0.3, -0.25) is 10.5 Å². The van der Waals surface area contributed by atoms with Crippen LogP contribution in [0.2, 0.25) is 0 Å². The molecule has 4 nitrogen and oxygen atoms in total. The maximum Gasteiger partial charge on any atom is 0.0994 e. The van der Waals surface area contributed by atoms with Gasteiger partial charge in [-0.15, -0.1) is 11.3 Å². The second-order valence-corrected chi connectivity index (χ2v) is 4.43. The van der Waals surface area contributed by atoms with E-state index in [1.165, 1.54) is 10.4 Å². The normalized spacial score (nSPS) is 13.0. The summed E-state index contributed by atoms with van der Waals surface area (Å²) < 4.78 is 1.78. The maximum absolute atomic E-state index is 5.58. The zero-order valence-corrected chi connectivity index (χ0v) is 9.58. The molecule has 0 aromatic carbocycles. The highest BCUT2D eigenvalue weighted by Gasteiger charge is 2.17. The highest BCUT2D eigenvalue weighted by atomic mass is 32.1. The molecule has 2 rings (SSSR count). The lowest BCUT2D eigenvalue weighted by atomic mass is 10.1. The minimum atomic E-state index is -0.00815. The van der Waals surface area contributed by atoms with E-state index in [0.717, 1.165) is 5.69 Å². The Labute approximate surface area is 92.7 Å². The molecule has 2 heterocycles. The summed E-state index contributed by atoms with van der Waals surface area (Å²) in [4.78, 5) is 1.22. The molecular weight excluding hydrogens is 208 g/mol. The first-order valence-corrected chi connectivity index (χ1v) is 5.60. The van der Waals surface area contributed by atoms with Gasteiger partial charge in [0.15, 0.2) is 0 Å². The smallest absolute Gasteiger partial charge is 0.0994 e. The van der Waals surface area contributed by atoms with E-state index in [2.05, 4.69) is 28.9 Å². The van der Waals surface area contributed by atoms with E-state index in [-0.39, 0.29) is 6.04 Å². The van der Waals surface area contributed by atoms with Crippen molar-refractivity contribution in [1.82, 2.24) is 15.2 Å². The summed E-state index contributed by atoms with van der Waals surface area (Å²) in [6, 6.07) is 4.06. The van der Waals surface area contributed by atoms with Gasteiger partial charge in [0, 0.05) is 18.1 Å². The average Bonchev–Trinajstić information content (AvgIpc) is 2.79. The molecule has 0 spiro atoms. The predicted molar refractivity (Wildman–Crippen MR) is 61.4 cm³/mol. The molecule has 0 fully saturated rings. The van der Waals surface area contributed by atoms with Crippen LogP contribution in [0, 0.1) is 6.92 Å². The maximum atomic E-state index is 5.58. The molecule has 0 radical (unpaired) electrons. The van der Waals surface area contributed by atoms with Crippen LogP contribution in [-0.2, 0) is 7.05 Å². The van der Waals surface area contributed by atoms with E-state index in [0.29, 0.717) is 0 Å². The summed E-state index contributed by atoms with van der Waals surface area (Å²) in [5, 5.41) is 6.43. The lowest BCUT2D eigenvalue weighted by molar-refractivity contribution is 0.609. The number of nitrogens with zero attached hydrogens (tertiary/aromatic N) is 2. The van der Waals surface area contributed by atoms with Gasteiger partial charge < -0.3 is 0 Å². The second-order valence-electron chi connectivity index (χ2n) is 3.48. The number of thiophene rings is 1. The minimum Gasteiger partial charge on any atom is -0.275 e. The molecule has 0 amide bonds. The van der Waals surface area contributed by atoms with Crippen molar-refractivity contribution in [1.29, 1.82) is 0 Å². The van der Waals surface area contributed by atoms with Crippen LogP contribution in [0.1, 0.15) is 22.2 Å². The van der Waals surface area contributed by atoms with Gasteiger partial charge in [-0.25, -0.2) is 5.43 Å². The van der Waals surface area contributed by atoms with Gasteiger partial charge >= 0.3 is 0 Å². The first-order chi connectivity index (χ1) is 7.22. The quantitative estimate of drug-likeness (QED) is 0.608. The molecule has 0 aliphatic rings. The monoisotopic (exact) mass is 222 g/mol. The van der Waals surface area contributed by atoms with E-state index in [1.807, 2.05) is 19.3 Å². The molecule has 0 aliphatic carbocycles. The molecule has 80 valence electrons. The van der Waals surface area contributed by atoms with E-state index in [9.17, 15) is 0 Å². The largest absolute Gasteiger partial charge is 0.275 e. The van der Waals surface area contributed by atoms with Crippen LogP contribution in [0.15, 0.2) is 23.7 Å². The first kappa shape index (κ1) is 10.4.